The van der Waals surface area contributed by atoms with Crippen molar-refractivity contribution in [2.24, 2.45) is 0 Å². The van der Waals surface area contributed by atoms with Gasteiger partial charge in [-0.2, -0.15) is 5.10 Å². The molecule has 1 aliphatic rings. The van der Waals surface area contributed by atoms with Crippen molar-refractivity contribution in [1.82, 2.24) is 24.6 Å². The fraction of sp³-hybridized carbons (Fsp3) is 0.435. The van der Waals surface area contributed by atoms with E-state index in [0.29, 0.717) is 41.8 Å². The predicted octanol–water partition coefficient (Wildman–Crippen LogP) is 1.91. The number of aryl methyl sites for hydroxylation is 1. The molecular formula is C23H29N5O4. The molecule has 4 heterocycles. The molecule has 0 aliphatic carbocycles. The molecule has 0 saturated heterocycles. The van der Waals surface area contributed by atoms with Gasteiger partial charge in [0.2, 0.25) is 0 Å². The Morgan fingerprint density at radius 3 is 2.91 bits per heavy atom. The van der Waals surface area contributed by atoms with E-state index in [0.717, 1.165) is 26.1 Å². The summed E-state index contributed by atoms with van der Waals surface area (Å²) in [5.41, 5.74) is 0.989. The van der Waals surface area contributed by atoms with Crippen molar-refractivity contribution in [1.29, 1.82) is 0 Å². The van der Waals surface area contributed by atoms with E-state index >= 15 is 0 Å². The average Bonchev–Trinajstić information content (AvgIpc) is 3.46. The first-order chi connectivity index (χ1) is 15.6. The zero-order valence-corrected chi connectivity index (χ0v) is 18.5. The third kappa shape index (κ3) is 4.77. The van der Waals surface area contributed by atoms with Crippen molar-refractivity contribution in [3.63, 3.8) is 0 Å². The van der Waals surface area contributed by atoms with Crippen LogP contribution in [0.3, 0.4) is 0 Å². The molecule has 0 saturated carbocycles. The fourth-order valence-corrected chi connectivity index (χ4v) is 4.22. The second kappa shape index (κ2) is 9.86. The maximum absolute atomic E-state index is 13.1. The van der Waals surface area contributed by atoms with E-state index in [-0.39, 0.29) is 18.0 Å². The van der Waals surface area contributed by atoms with Crippen LogP contribution < -0.4 is 15.6 Å². The summed E-state index contributed by atoms with van der Waals surface area (Å²) in [7, 11) is 1.48. The van der Waals surface area contributed by atoms with Gasteiger partial charge in [0.05, 0.1) is 19.9 Å². The van der Waals surface area contributed by atoms with Gasteiger partial charge in [0, 0.05) is 62.8 Å². The number of hydrogen-bond donors (Lipinski definition) is 1. The standard InChI is InChI=1S/C23H29N5O4/c1-17(6-11-27-9-4-8-25-27)26-10-7-19-22(23(30)24-16-18-5-3-14-32-18)20(31-2)15-21(29)28(19)13-12-26/h3-5,8-9,14-15,17H,6-7,10-13,16H2,1-2H3,(H,24,30). The number of fused-ring (bicyclic) bond motifs is 1. The number of carbonyl (C=O) groups excluding carboxylic acids is 1. The highest BCUT2D eigenvalue weighted by molar-refractivity contribution is 5.98. The molecule has 1 N–H and O–H groups in total. The zero-order valence-electron chi connectivity index (χ0n) is 18.5. The second-order valence-corrected chi connectivity index (χ2v) is 7.98. The van der Waals surface area contributed by atoms with Gasteiger partial charge in [0.15, 0.2) is 0 Å². The van der Waals surface area contributed by atoms with Gasteiger partial charge in [-0.05, 0) is 31.5 Å². The van der Waals surface area contributed by atoms with Gasteiger partial charge in [0.25, 0.3) is 11.5 Å². The number of pyridine rings is 1. The number of nitrogens with one attached hydrogen (secondary N) is 1. The highest BCUT2D eigenvalue weighted by Crippen LogP contribution is 2.23. The SMILES string of the molecule is COc1cc(=O)n2c(c1C(=O)NCc1ccco1)CCN(C(C)CCn1cccn1)CC2. The van der Waals surface area contributed by atoms with E-state index in [4.69, 9.17) is 9.15 Å². The van der Waals surface area contributed by atoms with Crippen molar-refractivity contribution in [3.05, 3.63) is 70.3 Å². The van der Waals surface area contributed by atoms with Crippen molar-refractivity contribution in [2.75, 3.05) is 20.2 Å². The van der Waals surface area contributed by atoms with Gasteiger partial charge in [-0.15, -0.1) is 0 Å². The Morgan fingerprint density at radius 2 is 2.19 bits per heavy atom. The number of rotatable bonds is 8. The third-order valence-electron chi connectivity index (χ3n) is 6.04. The van der Waals surface area contributed by atoms with Crippen LogP contribution in [0, 0.1) is 0 Å². The molecule has 0 radical (unpaired) electrons. The molecule has 32 heavy (non-hydrogen) atoms. The molecule has 1 aliphatic heterocycles. The van der Waals surface area contributed by atoms with E-state index in [1.165, 1.54) is 13.2 Å². The molecule has 0 fully saturated rings. The summed E-state index contributed by atoms with van der Waals surface area (Å²) >= 11 is 0. The number of nitrogens with zero attached hydrogens (tertiary/aromatic N) is 4. The summed E-state index contributed by atoms with van der Waals surface area (Å²) < 4.78 is 14.4. The molecule has 0 spiro atoms. The van der Waals surface area contributed by atoms with E-state index in [1.54, 1.807) is 29.2 Å². The smallest absolute Gasteiger partial charge is 0.257 e. The van der Waals surface area contributed by atoms with Crippen molar-refractivity contribution in [2.45, 2.75) is 45.4 Å². The van der Waals surface area contributed by atoms with E-state index in [2.05, 4.69) is 22.2 Å². The molecule has 3 aromatic rings. The van der Waals surface area contributed by atoms with Crippen molar-refractivity contribution < 1.29 is 13.9 Å². The quantitative estimate of drug-likeness (QED) is 0.576. The molecule has 1 atom stereocenters. The Balaban J connectivity index is 1.51. The Morgan fingerprint density at radius 1 is 1.31 bits per heavy atom. The maximum Gasteiger partial charge on any atom is 0.257 e. The number of furan rings is 1. The van der Waals surface area contributed by atoms with Crippen LogP contribution in [0.2, 0.25) is 0 Å². The molecule has 1 amide bonds. The van der Waals surface area contributed by atoms with Crippen LogP contribution in [0.15, 0.2) is 52.1 Å². The fourth-order valence-electron chi connectivity index (χ4n) is 4.22. The van der Waals surface area contributed by atoms with E-state index in [1.807, 2.05) is 16.9 Å². The van der Waals surface area contributed by atoms with Crippen LogP contribution in [0.5, 0.6) is 5.75 Å². The largest absolute Gasteiger partial charge is 0.496 e. The Hall–Kier alpha value is -3.33. The van der Waals surface area contributed by atoms with Crippen LogP contribution in [-0.2, 0) is 26.1 Å². The maximum atomic E-state index is 13.1. The van der Waals surface area contributed by atoms with Crippen LogP contribution in [0.1, 0.15) is 35.2 Å². The molecular weight excluding hydrogens is 410 g/mol. The van der Waals surface area contributed by atoms with Gasteiger partial charge in [-0.25, -0.2) is 0 Å². The first-order valence-corrected chi connectivity index (χ1v) is 10.9. The summed E-state index contributed by atoms with van der Waals surface area (Å²) in [4.78, 5) is 28.2. The summed E-state index contributed by atoms with van der Waals surface area (Å²) in [6, 6.07) is 7.23. The van der Waals surface area contributed by atoms with E-state index < -0.39 is 0 Å². The lowest BCUT2D eigenvalue weighted by molar-refractivity contribution is 0.0942. The van der Waals surface area contributed by atoms with Crippen LogP contribution in [0.25, 0.3) is 0 Å². The lowest BCUT2D eigenvalue weighted by atomic mass is 10.1. The van der Waals surface area contributed by atoms with Crippen molar-refractivity contribution >= 4 is 5.91 Å². The molecule has 1 unspecified atom stereocenters. The number of amides is 1. The molecule has 170 valence electrons. The lowest BCUT2D eigenvalue weighted by Crippen LogP contribution is -2.36. The third-order valence-corrected chi connectivity index (χ3v) is 6.04. The molecule has 4 rings (SSSR count). The Labute approximate surface area is 186 Å². The first kappa shape index (κ1) is 21.9. The number of aromatic nitrogens is 3. The number of methoxy groups -OCH3 is 1. The number of hydrogen-bond acceptors (Lipinski definition) is 6. The zero-order chi connectivity index (χ0) is 22.5. The minimum Gasteiger partial charge on any atom is -0.496 e. The van der Waals surface area contributed by atoms with Gasteiger partial charge in [0.1, 0.15) is 17.1 Å². The summed E-state index contributed by atoms with van der Waals surface area (Å²) in [5, 5.41) is 7.15. The van der Waals surface area contributed by atoms with E-state index in [9.17, 15) is 9.59 Å². The predicted molar refractivity (Wildman–Crippen MR) is 119 cm³/mol. The van der Waals surface area contributed by atoms with Gasteiger partial charge >= 0.3 is 0 Å². The minimum atomic E-state index is -0.276. The van der Waals surface area contributed by atoms with Crippen LogP contribution in [0.4, 0.5) is 0 Å². The monoisotopic (exact) mass is 439 g/mol. The highest BCUT2D eigenvalue weighted by Gasteiger charge is 2.26. The molecule has 0 aromatic carbocycles. The lowest BCUT2D eigenvalue weighted by Gasteiger charge is -2.27. The van der Waals surface area contributed by atoms with Crippen molar-refractivity contribution in [3.8, 4) is 5.75 Å². The average molecular weight is 440 g/mol. The Kier molecular flexibility index (Phi) is 6.75. The number of ether oxygens (including phenoxy) is 1. The molecule has 0 bridgehead atoms. The molecule has 3 aromatic heterocycles. The minimum absolute atomic E-state index is 0.148. The number of carbonyl (C=O) groups is 1. The van der Waals surface area contributed by atoms with Gasteiger partial charge in [-0.3, -0.25) is 19.2 Å². The van der Waals surface area contributed by atoms with Gasteiger partial charge < -0.3 is 19.0 Å². The topological polar surface area (TPSA) is 94.5 Å². The second-order valence-electron chi connectivity index (χ2n) is 7.98. The normalized spacial score (nSPS) is 15.1. The van der Waals surface area contributed by atoms with Gasteiger partial charge in [-0.1, -0.05) is 0 Å². The first-order valence-electron chi connectivity index (χ1n) is 10.9. The Bertz CT molecular complexity index is 1090. The summed E-state index contributed by atoms with van der Waals surface area (Å²) in [5.74, 6) is 0.689. The molecule has 9 heteroatoms. The summed E-state index contributed by atoms with van der Waals surface area (Å²) in [6.07, 6.45) is 6.85. The molecule has 9 nitrogen and oxygen atoms in total. The highest BCUT2D eigenvalue weighted by atomic mass is 16.5. The summed E-state index contributed by atoms with van der Waals surface area (Å²) in [6.45, 7) is 5.33. The van der Waals surface area contributed by atoms with Crippen LogP contribution in [-0.4, -0.2) is 51.4 Å². The van der Waals surface area contributed by atoms with Crippen LogP contribution >= 0.6 is 0 Å².